The maximum atomic E-state index is 13.0. The number of hydrogen-bond acceptors (Lipinski definition) is 7. The maximum absolute atomic E-state index is 13.0. The van der Waals surface area contributed by atoms with Gasteiger partial charge in [0.25, 0.3) is 11.5 Å². The van der Waals surface area contributed by atoms with Gasteiger partial charge in [-0.1, -0.05) is 35.6 Å². The van der Waals surface area contributed by atoms with E-state index >= 15 is 0 Å². The van der Waals surface area contributed by atoms with Gasteiger partial charge in [-0.25, -0.2) is 4.68 Å². The number of azo groups is 1. The van der Waals surface area contributed by atoms with Crippen molar-refractivity contribution in [2.24, 2.45) is 20.6 Å². The molecule has 1 aliphatic heterocycles. The molecular formula is C26H23N7O3. The minimum atomic E-state index is -0.340. The average Bonchev–Trinajstić information content (AvgIpc) is 3.42. The summed E-state index contributed by atoms with van der Waals surface area (Å²) in [5, 5.41) is 31.1. The van der Waals surface area contributed by atoms with Gasteiger partial charge in [0.1, 0.15) is 12.2 Å². The van der Waals surface area contributed by atoms with Crippen molar-refractivity contribution in [3.63, 3.8) is 0 Å². The average molecular weight is 482 g/mol. The molecule has 10 heteroatoms. The predicted molar refractivity (Wildman–Crippen MR) is 136 cm³/mol. The summed E-state index contributed by atoms with van der Waals surface area (Å²) in [6, 6.07) is 17.8. The Labute approximate surface area is 206 Å². The second kappa shape index (κ2) is 9.06. The molecule has 10 nitrogen and oxygen atoms in total. The SMILES string of the molecule is Cc1ccc(-n2[nH]c(C)c(N=Nc3cccc(-c4cccc(N5N=NCC5=O)c4)c3O)c2=O)cc1C. The lowest BCUT2D eigenvalue weighted by atomic mass is 10.0. The van der Waals surface area contributed by atoms with Crippen LogP contribution in [-0.4, -0.2) is 27.3 Å². The first kappa shape index (κ1) is 22.9. The maximum Gasteiger partial charge on any atom is 0.299 e. The third-order valence-electron chi connectivity index (χ3n) is 6.06. The number of phenolic OH excluding ortho intramolecular Hbond substituents is 1. The van der Waals surface area contributed by atoms with E-state index in [4.69, 9.17) is 0 Å². The summed E-state index contributed by atoms with van der Waals surface area (Å²) in [6.45, 7) is 5.75. The van der Waals surface area contributed by atoms with Crippen molar-refractivity contribution in [3.05, 3.63) is 87.8 Å². The van der Waals surface area contributed by atoms with Crippen LogP contribution in [0.25, 0.3) is 16.8 Å². The Morgan fingerprint density at radius 1 is 0.917 bits per heavy atom. The van der Waals surface area contributed by atoms with Gasteiger partial charge in [0.2, 0.25) is 0 Å². The van der Waals surface area contributed by atoms with Crippen molar-refractivity contribution in [1.29, 1.82) is 0 Å². The molecule has 0 radical (unpaired) electrons. The second-order valence-corrected chi connectivity index (χ2v) is 8.51. The Balaban J connectivity index is 1.48. The van der Waals surface area contributed by atoms with E-state index in [2.05, 4.69) is 25.7 Å². The van der Waals surface area contributed by atoms with E-state index in [0.717, 1.165) is 11.1 Å². The molecule has 0 spiro atoms. The summed E-state index contributed by atoms with van der Waals surface area (Å²) in [5.41, 5.74) is 5.16. The molecule has 0 aliphatic carbocycles. The number of nitrogens with zero attached hydrogens (tertiary/aromatic N) is 6. The Bertz CT molecular complexity index is 1610. The van der Waals surface area contributed by atoms with Crippen LogP contribution < -0.4 is 10.6 Å². The molecule has 4 aromatic rings. The molecule has 2 heterocycles. The van der Waals surface area contributed by atoms with Crippen LogP contribution in [0.15, 0.2) is 86.0 Å². The molecule has 0 atom stereocenters. The standard InChI is InChI=1S/C26H23N7O3/c1-15-10-11-20(12-16(15)2)33-26(36)24(17(3)30-33)29-28-22-9-5-8-21(25(22)35)18-6-4-7-19(13-18)32-23(34)14-27-31-32/h4-13,30,35H,14H2,1-3H3. The minimum Gasteiger partial charge on any atom is -0.505 e. The lowest BCUT2D eigenvalue weighted by molar-refractivity contribution is -0.116. The van der Waals surface area contributed by atoms with Crippen LogP contribution in [-0.2, 0) is 4.79 Å². The highest BCUT2D eigenvalue weighted by molar-refractivity contribution is 5.96. The fraction of sp³-hybridized carbons (Fsp3) is 0.154. The number of hydrogen-bond donors (Lipinski definition) is 2. The van der Waals surface area contributed by atoms with E-state index in [1.54, 1.807) is 49.4 Å². The highest BCUT2D eigenvalue weighted by Gasteiger charge is 2.21. The first-order chi connectivity index (χ1) is 17.3. The van der Waals surface area contributed by atoms with Crippen LogP contribution in [0.4, 0.5) is 17.1 Å². The number of benzene rings is 3. The van der Waals surface area contributed by atoms with E-state index < -0.39 is 0 Å². The van der Waals surface area contributed by atoms with Gasteiger partial charge < -0.3 is 5.11 Å². The number of aryl methyl sites for hydroxylation is 3. The summed E-state index contributed by atoms with van der Waals surface area (Å²) < 4.78 is 1.43. The van der Waals surface area contributed by atoms with E-state index in [0.29, 0.717) is 28.2 Å². The van der Waals surface area contributed by atoms with Crippen LogP contribution in [0.2, 0.25) is 0 Å². The molecule has 0 unspecified atom stereocenters. The lowest BCUT2D eigenvalue weighted by Crippen LogP contribution is -2.21. The number of aromatic nitrogens is 2. The van der Waals surface area contributed by atoms with Crippen molar-refractivity contribution in [2.75, 3.05) is 11.6 Å². The molecule has 1 aromatic heterocycles. The van der Waals surface area contributed by atoms with Gasteiger partial charge >= 0.3 is 0 Å². The summed E-state index contributed by atoms with van der Waals surface area (Å²) in [7, 11) is 0. The fourth-order valence-corrected chi connectivity index (χ4v) is 3.92. The van der Waals surface area contributed by atoms with Gasteiger partial charge in [-0.05, 0) is 67.8 Å². The number of carbonyl (C=O) groups is 1. The smallest absolute Gasteiger partial charge is 0.299 e. The summed E-state index contributed by atoms with van der Waals surface area (Å²) in [5.74, 6) is -0.331. The van der Waals surface area contributed by atoms with E-state index in [1.165, 1.54) is 9.69 Å². The van der Waals surface area contributed by atoms with Crippen molar-refractivity contribution < 1.29 is 9.90 Å². The Morgan fingerprint density at radius 2 is 1.72 bits per heavy atom. The number of aromatic amines is 1. The molecule has 2 N–H and O–H groups in total. The molecule has 0 saturated carbocycles. The molecule has 1 amide bonds. The van der Waals surface area contributed by atoms with Gasteiger partial charge in [-0.15, -0.1) is 10.2 Å². The van der Waals surface area contributed by atoms with Crippen LogP contribution in [0.3, 0.4) is 0 Å². The van der Waals surface area contributed by atoms with Crippen molar-refractivity contribution in [1.82, 2.24) is 9.78 Å². The number of nitrogens with one attached hydrogen (secondary N) is 1. The third kappa shape index (κ3) is 4.09. The molecule has 36 heavy (non-hydrogen) atoms. The molecule has 180 valence electrons. The van der Waals surface area contributed by atoms with Gasteiger partial charge in [0.05, 0.1) is 17.1 Å². The van der Waals surface area contributed by atoms with Crippen molar-refractivity contribution in [2.45, 2.75) is 20.8 Å². The normalized spacial score (nSPS) is 13.3. The van der Waals surface area contributed by atoms with Crippen molar-refractivity contribution in [3.8, 4) is 22.6 Å². The number of anilines is 1. The number of phenols is 1. The number of rotatable bonds is 5. The highest BCUT2D eigenvalue weighted by atomic mass is 16.3. The van der Waals surface area contributed by atoms with Crippen LogP contribution in [0.5, 0.6) is 5.75 Å². The lowest BCUT2D eigenvalue weighted by Gasteiger charge is -2.12. The molecule has 0 saturated heterocycles. The summed E-state index contributed by atoms with van der Waals surface area (Å²) in [4.78, 5) is 25.0. The Hall–Kier alpha value is -4.86. The van der Waals surface area contributed by atoms with Crippen LogP contribution in [0.1, 0.15) is 16.8 Å². The zero-order chi connectivity index (χ0) is 25.4. The molecular weight excluding hydrogens is 458 g/mol. The summed E-state index contributed by atoms with van der Waals surface area (Å²) >= 11 is 0. The Morgan fingerprint density at radius 3 is 2.47 bits per heavy atom. The van der Waals surface area contributed by atoms with Crippen molar-refractivity contribution >= 4 is 23.0 Å². The van der Waals surface area contributed by atoms with Gasteiger partial charge in [-0.2, -0.15) is 10.1 Å². The van der Waals surface area contributed by atoms with Crippen LogP contribution in [0, 0.1) is 20.8 Å². The van der Waals surface area contributed by atoms with E-state index in [-0.39, 0.29) is 35.1 Å². The molecule has 5 rings (SSSR count). The molecule has 1 aliphatic rings. The Kier molecular flexibility index (Phi) is 5.77. The largest absolute Gasteiger partial charge is 0.505 e. The number of para-hydroxylation sites is 1. The fourth-order valence-electron chi connectivity index (χ4n) is 3.92. The number of aromatic hydroxyl groups is 1. The monoisotopic (exact) mass is 481 g/mol. The summed E-state index contributed by atoms with van der Waals surface area (Å²) in [6.07, 6.45) is 0. The predicted octanol–water partition coefficient (Wildman–Crippen LogP) is 5.59. The topological polar surface area (TPSA) is 128 Å². The number of amides is 1. The first-order valence-electron chi connectivity index (χ1n) is 11.3. The second-order valence-electron chi connectivity index (χ2n) is 8.51. The van der Waals surface area contributed by atoms with E-state index in [9.17, 15) is 14.7 Å². The van der Waals surface area contributed by atoms with Gasteiger partial charge in [-0.3, -0.25) is 14.7 Å². The zero-order valence-electron chi connectivity index (χ0n) is 19.9. The highest BCUT2D eigenvalue weighted by Crippen LogP contribution is 2.39. The molecule has 0 fully saturated rings. The van der Waals surface area contributed by atoms with Gasteiger partial charge in [0, 0.05) is 5.56 Å². The molecule has 3 aromatic carbocycles. The van der Waals surface area contributed by atoms with E-state index in [1.807, 2.05) is 32.0 Å². The van der Waals surface area contributed by atoms with Gasteiger partial charge in [0.15, 0.2) is 11.4 Å². The van der Waals surface area contributed by atoms with Crippen LogP contribution >= 0.6 is 0 Å². The number of H-pyrrole nitrogens is 1. The first-order valence-corrected chi connectivity index (χ1v) is 11.3. The minimum absolute atomic E-state index is 0.00907. The quantitative estimate of drug-likeness (QED) is 0.360. The third-order valence-corrected chi connectivity index (χ3v) is 6.06. The molecule has 0 bridgehead atoms. The number of carbonyl (C=O) groups excluding carboxylic acids is 1. The zero-order valence-corrected chi connectivity index (χ0v) is 19.9.